The number of rotatable bonds is 5. The van der Waals surface area contributed by atoms with E-state index in [9.17, 15) is 0 Å². The SMILES string of the molecule is CC(C)CC(CN=[N+]=[N-])c1ccccc1. The maximum atomic E-state index is 8.35. The van der Waals surface area contributed by atoms with Crippen LogP contribution in [0.25, 0.3) is 10.4 Å². The van der Waals surface area contributed by atoms with Gasteiger partial charge in [-0.3, -0.25) is 0 Å². The third-order valence-corrected chi connectivity index (χ3v) is 2.39. The molecule has 0 aliphatic carbocycles. The predicted octanol–water partition coefficient (Wildman–Crippen LogP) is 4.13. The van der Waals surface area contributed by atoms with Gasteiger partial charge in [0.1, 0.15) is 0 Å². The average molecular weight is 203 g/mol. The maximum Gasteiger partial charge on any atom is 0.0326 e. The highest BCUT2D eigenvalue weighted by Gasteiger charge is 2.11. The Morgan fingerprint density at radius 2 is 1.93 bits per heavy atom. The average Bonchev–Trinajstić information content (AvgIpc) is 2.25. The molecule has 1 aromatic rings. The minimum absolute atomic E-state index is 0.349. The van der Waals surface area contributed by atoms with Gasteiger partial charge < -0.3 is 0 Å². The number of nitrogens with zero attached hydrogens (tertiary/aromatic N) is 3. The molecule has 1 rings (SSSR count). The van der Waals surface area contributed by atoms with Crippen molar-refractivity contribution in [1.82, 2.24) is 0 Å². The largest absolute Gasteiger partial charge is 0.0933 e. The molecular weight excluding hydrogens is 186 g/mol. The number of hydrogen-bond donors (Lipinski definition) is 0. The fourth-order valence-electron chi connectivity index (χ4n) is 1.75. The van der Waals surface area contributed by atoms with Crippen LogP contribution in [0.3, 0.4) is 0 Å². The van der Waals surface area contributed by atoms with Crippen LogP contribution >= 0.6 is 0 Å². The maximum absolute atomic E-state index is 8.35. The topological polar surface area (TPSA) is 48.8 Å². The summed E-state index contributed by atoms with van der Waals surface area (Å²) in [4.78, 5) is 2.83. The molecule has 0 amide bonds. The summed E-state index contributed by atoms with van der Waals surface area (Å²) in [5, 5.41) is 3.68. The van der Waals surface area contributed by atoms with Gasteiger partial charge in [0.25, 0.3) is 0 Å². The van der Waals surface area contributed by atoms with Gasteiger partial charge in [-0.05, 0) is 29.4 Å². The lowest BCUT2D eigenvalue weighted by Crippen LogP contribution is -2.06. The van der Waals surface area contributed by atoms with Crippen molar-refractivity contribution in [3.05, 3.63) is 46.3 Å². The molecule has 0 spiro atoms. The molecule has 15 heavy (non-hydrogen) atoms. The third-order valence-electron chi connectivity index (χ3n) is 2.39. The molecule has 0 saturated heterocycles. The molecule has 3 nitrogen and oxygen atoms in total. The van der Waals surface area contributed by atoms with Gasteiger partial charge in [0.15, 0.2) is 0 Å². The molecule has 0 radical (unpaired) electrons. The Morgan fingerprint density at radius 1 is 1.27 bits per heavy atom. The van der Waals surface area contributed by atoms with Gasteiger partial charge in [0, 0.05) is 11.5 Å². The van der Waals surface area contributed by atoms with Crippen LogP contribution in [0, 0.1) is 5.92 Å². The van der Waals surface area contributed by atoms with E-state index >= 15 is 0 Å². The lowest BCUT2D eigenvalue weighted by Gasteiger charge is -2.17. The smallest absolute Gasteiger partial charge is 0.0326 e. The molecule has 0 aliphatic heterocycles. The first kappa shape index (κ1) is 11.6. The minimum atomic E-state index is 0.349. The summed E-state index contributed by atoms with van der Waals surface area (Å²) in [5.41, 5.74) is 9.62. The number of azide groups is 1. The second-order valence-electron chi connectivity index (χ2n) is 4.15. The molecule has 0 N–H and O–H groups in total. The van der Waals surface area contributed by atoms with Crippen molar-refractivity contribution in [1.29, 1.82) is 0 Å². The lowest BCUT2D eigenvalue weighted by atomic mass is 9.90. The van der Waals surface area contributed by atoms with Crippen LogP contribution < -0.4 is 0 Å². The molecule has 0 saturated carbocycles. The Hall–Kier alpha value is -1.47. The predicted molar refractivity (Wildman–Crippen MR) is 62.7 cm³/mol. The van der Waals surface area contributed by atoms with Gasteiger partial charge in [-0.1, -0.05) is 49.3 Å². The van der Waals surface area contributed by atoms with Crippen molar-refractivity contribution in [2.24, 2.45) is 11.0 Å². The zero-order chi connectivity index (χ0) is 11.1. The second-order valence-corrected chi connectivity index (χ2v) is 4.15. The van der Waals surface area contributed by atoms with Crippen LogP contribution in [-0.4, -0.2) is 6.54 Å². The van der Waals surface area contributed by atoms with Gasteiger partial charge in [-0.15, -0.1) is 0 Å². The van der Waals surface area contributed by atoms with Crippen LogP contribution in [0.4, 0.5) is 0 Å². The Kier molecular flexibility index (Phi) is 4.72. The first-order valence-corrected chi connectivity index (χ1v) is 5.30. The van der Waals surface area contributed by atoms with E-state index in [0.717, 1.165) is 6.42 Å². The van der Waals surface area contributed by atoms with E-state index < -0.39 is 0 Å². The molecule has 0 heterocycles. The number of hydrogen-bond acceptors (Lipinski definition) is 1. The lowest BCUT2D eigenvalue weighted by molar-refractivity contribution is 0.504. The zero-order valence-corrected chi connectivity index (χ0v) is 9.30. The Morgan fingerprint density at radius 3 is 2.47 bits per heavy atom. The van der Waals surface area contributed by atoms with Gasteiger partial charge in [0.05, 0.1) is 0 Å². The molecule has 0 fully saturated rings. The number of benzene rings is 1. The van der Waals surface area contributed by atoms with Gasteiger partial charge in [-0.2, -0.15) is 0 Å². The summed E-state index contributed by atoms with van der Waals surface area (Å²) < 4.78 is 0. The van der Waals surface area contributed by atoms with Crippen molar-refractivity contribution in [3.63, 3.8) is 0 Å². The molecule has 1 aromatic carbocycles. The Balaban J connectivity index is 2.76. The molecule has 1 atom stereocenters. The van der Waals surface area contributed by atoms with E-state index in [2.05, 4.69) is 36.0 Å². The molecule has 3 heteroatoms. The fraction of sp³-hybridized carbons (Fsp3) is 0.500. The summed E-state index contributed by atoms with van der Waals surface area (Å²) in [6, 6.07) is 10.3. The molecule has 80 valence electrons. The Bertz CT molecular complexity index is 326. The third kappa shape index (κ3) is 4.05. The quantitative estimate of drug-likeness (QED) is 0.392. The zero-order valence-electron chi connectivity index (χ0n) is 9.30. The van der Waals surface area contributed by atoms with Crippen LogP contribution in [0.15, 0.2) is 35.4 Å². The highest BCUT2D eigenvalue weighted by molar-refractivity contribution is 5.19. The van der Waals surface area contributed by atoms with Crippen LogP contribution in [0.2, 0.25) is 0 Å². The Labute approximate surface area is 90.8 Å². The molecule has 0 aromatic heterocycles. The van der Waals surface area contributed by atoms with E-state index in [1.54, 1.807) is 0 Å². The van der Waals surface area contributed by atoms with Crippen molar-refractivity contribution in [3.8, 4) is 0 Å². The van der Waals surface area contributed by atoms with Gasteiger partial charge >= 0.3 is 0 Å². The van der Waals surface area contributed by atoms with Crippen molar-refractivity contribution in [2.45, 2.75) is 26.2 Å². The first-order valence-electron chi connectivity index (χ1n) is 5.30. The molecule has 0 bridgehead atoms. The van der Waals surface area contributed by atoms with E-state index in [-0.39, 0.29) is 0 Å². The summed E-state index contributed by atoms with van der Waals surface area (Å²) in [5.74, 6) is 0.964. The summed E-state index contributed by atoms with van der Waals surface area (Å²) in [6.07, 6.45) is 1.06. The van der Waals surface area contributed by atoms with Crippen molar-refractivity contribution in [2.75, 3.05) is 6.54 Å². The summed E-state index contributed by atoms with van der Waals surface area (Å²) in [6.45, 7) is 4.93. The summed E-state index contributed by atoms with van der Waals surface area (Å²) >= 11 is 0. The normalized spacial score (nSPS) is 12.2. The first-order chi connectivity index (χ1) is 7.24. The van der Waals surface area contributed by atoms with E-state index in [1.165, 1.54) is 5.56 Å². The van der Waals surface area contributed by atoms with Gasteiger partial charge in [-0.25, -0.2) is 0 Å². The monoisotopic (exact) mass is 203 g/mol. The van der Waals surface area contributed by atoms with E-state index in [0.29, 0.717) is 18.4 Å². The van der Waals surface area contributed by atoms with Crippen molar-refractivity contribution < 1.29 is 0 Å². The minimum Gasteiger partial charge on any atom is -0.0933 e. The van der Waals surface area contributed by atoms with Crippen molar-refractivity contribution >= 4 is 0 Å². The van der Waals surface area contributed by atoms with Crippen LogP contribution in [0.5, 0.6) is 0 Å². The van der Waals surface area contributed by atoms with Crippen LogP contribution in [0.1, 0.15) is 31.7 Å². The van der Waals surface area contributed by atoms with E-state index in [4.69, 9.17) is 5.53 Å². The molecular formula is C12H17N3. The van der Waals surface area contributed by atoms with E-state index in [1.807, 2.05) is 18.2 Å². The standard InChI is InChI=1S/C12H17N3/c1-10(2)8-12(9-14-15-13)11-6-4-3-5-7-11/h3-7,10,12H,8-9H2,1-2H3. The molecule has 1 unspecified atom stereocenters. The fourth-order valence-corrected chi connectivity index (χ4v) is 1.75. The molecule has 0 aliphatic rings. The van der Waals surface area contributed by atoms with Crippen LogP contribution in [-0.2, 0) is 0 Å². The van der Waals surface area contributed by atoms with Gasteiger partial charge in [0.2, 0.25) is 0 Å². The highest BCUT2D eigenvalue weighted by atomic mass is 15.1. The summed E-state index contributed by atoms with van der Waals surface area (Å²) in [7, 11) is 0. The second kappa shape index (κ2) is 6.10. The highest BCUT2D eigenvalue weighted by Crippen LogP contribution is 2.23.